The molecule has 1 aliphatic rings. The number of ether oxygens (including phenoxy) is 1. The first-order valence-electron chi connectivity index (χ1n) is 7.14. The Hall–Kier alpha value is -2.39. The summed E-state index contributed by atoms with van der Waals surface area (Å²) in [4.78, 5) is 13.4. The van der Waals surface area contributed by atoms with Crippen LogP contribution in [-0.2, 0) is 11.3 Å². The van der Waals surface area contributed by atoms with E-state index in [0.717, 1.165) is 40.6 Å². The predicted octanol–water partition coefficient (Wildman–Crippen LogP) is 3.19. The first-order chi connectivity index (χ1) is 11.2. The van der Waals surface area contributed by atoms with Crippen molar-refractivity contribution in [3.63, 3.8) is 0 Å². The molecule has 0 radical (unpaired) electrons. The zero-order valence-corrected chi connectivity index (χ0v) is 13.0. The van der Waals surface area contributed by atoms with Crippen LogP contribution in [-0.4, -0.2) is 25.1 Å². The molecular formula is C14H13FN6OS. The summed E-state index contributed by atoms with van der Waals surface area (Å²) in [6.45, 7) is 2.56. The van der Waals surface area contributed by atoms with Crippen molar-refractivity contribution in [2.45, 2.75) is 26.1 Å². The van der Waals surface area contributed by atoms with Crippen LogP contribution < -0.4 is 5.32 Å². The van der Waals surface area contributed by atoms with Gasteiger partial charge in [0.25, 0.3) is 0 Å². The van der Waals surface area contributed by atoms with Gasteiger partial charge in [0, 0.05) is 5.56 Å². The second kappa shape index (κ2) is 5.67. The zero-order chi connectivity index (χ0) is 15.8. The Bertz CT molecular complexity index is 830. The molecule has 0 aliphatic carbocycles. The molecule has 0 bridgehead atoms. The first kappa shape index (κ1) is 14.2. The van der Waals surface area contributed by atoms with E-state index < -0.39 is 5.82 Å². The molecule has 0 saturated carbocycles. The molecule has 118 valence electrons. The van der Waals surface area contributed by atoms with E-state index in [2.05, 4.69) is 37.4 Å². The molecule has 1 atom stereocenters. The summed E-state index contributed by atoms with van der Waals surface area (Å²) < 4.78 is 18.8. The smallest absolute Gasteiger partial charge is 0.229 e. The van der Waals surface area contributed by atoms with Crippen molar-refractivity contribution in [2.24, 2.45) is 0 Å². The summed E-state index contributed by atoms with van der Waals surface area (Å²) >= 11 is 1.46. The minimum atomic E-state index is -0.479. The Morgan fingerprint density at radius 3 is 3.00 bits per heavy atom. The maximum atomic E-state index is 12.9. The third kappa shape index (κ3) is 2.57. The highest BCUT2D eigenvalue weighted by molar-refractivity contribution is 7.16. The molecule has 4 rings (SSSR count). The maximum absolute atomic E-state index is 12.9. The SMILES string of the molecule is CCC1OCc2sc(Nc3ncc(F)cn3)nc2-c2cn[nH]c21. The zero-order valence-electron chi connectivity index (χ0n) is 12.2. The van der Waals surface area contributed by atoms with Crippen LogP contribution in [0.2, 0.25) is 0 Å². The number of hydrogen-bond acceptors (Lipinski definition) is 7. The van der Waals surface area contributed by atoms with E-state index >= 15 is 0 Å². The normalized spacial score (nSPS) is 16.5. The number of H-pyrrole nitrogens is 1. The van der Waals surface area contributed by atoms with Gasteiger partial charge in [0.1, 0.15) is 0 Å². The highest BCUT2D eigenvalue weighted by atomic mass is 32.1. The van der Waals surface area contributed by atoms with Gasteiger partial charge in [0.15, 0.2) is 10.9 Å². The molecule has 2 N–H and O–H groups in total. The quantitative estimate of drug-likeness (QED) is 0.766. The molecule has 3 aromatic heterocycles. The van der Waals surface area contributed by atoms with Gasteiger partial charge in [0.05, 0.1) is 47.6 Å². The van der Waals surface area contributed by atoms with E-state index in [1.54, 1.807) is 6.20 Å². The van der Waals surface area contributed by atoms with Gasteiger partial charge >= 0.3 is 0 Å². The lowest BCUT2D eigenvalue weighted by molar-refractivity contribution is 0.0381. The number of halogens is 1. The van der Waals surface area contributed by atoms with E-state index in [0.29, 0.717) is 17.7 Å². The van der Waals surface area contributed by atoms with Crippen LogP contribution >= 0.6 is 11.3 Å². The van der Waals surface area contributed by atoms with Gasteiger partial charge in [-0.3, -0.25) is 5.10 Å². The molecule has 1 unspecified atom stereocenters. The highest BCUT2D eigenvalue weighted by Crippen LogP contribution is 2.40. The average molecular weight is 332 g/mol. The lowest BCUT2D eigenvalue weighted by Gasteiger charge is -2.12. The van der Waals surface area contributed by atoms with Crippen LogP contribution in [0, 0.1) is 5.82 Å². The largest absolute Gasteiger partial charge is 0.366 e. The van der Waals surface area contributed by atoms with Gasteiger partial charge in [-0.25, -0.2) is 19.3 Å². The topological polar surface area (TPSA) is 88.6 Å². The monoisotopic (exact) mass is 332 g/mol. The van der Waals surface area contributed by atoms with Crippen molar-refractivity contribution >= 4 is 22.4 Å². The van der Waals surface area contributed by atoms with Crippen molar-refractivity contribution in [3.8, 4) is 11.3 Å². The number of hydrogen-bond donors (Lipinski definition) is 2. The van der Waals surface area contributed by atoms with Gasteiger partial charge in [-0.1, -0.05) is 18.3 Å². The summed E-state index contributed by atoms with van der Waals surface area (Å²) in [6, 6.07) is 0. The van der Waals surface area contributed by atoms with Crippen molar-refractivity contribution in [1.29, 1.82) is 0 Å². The van der Waals surface area contributed by atoms with Crippen molar-refractivity contribution in [1.82, 2.24) is 25.1 Å². The lowest BCUT2D eigenvalue weighted by Crippen LogP contribution is -2.02. The van der Waals surface area contributed by atoms with Crippen molar-refractivity contribution < 1.29 is 9.13 Å². The maximum Gasteiger partial charge on any atom is 0.229 e. The fourth-order valence-corrected chi connectivity index (χ4v) is 3.39. The number of nitrogens with zero attached hydrogens (tertiary/aromatic N) is 4. The summed E-state index contributed by atoms with van der Waals surface area (Å²) in [5.41, 5.74) is 2.74. The molecule has 4 heterocycles. The molecule has 9 heteroatoms. The molecule has 3 aromatic rings. The van der Waals surface area contributed by atoms with Gasteiger partial charge in [-0.2, -0.15) is 5.10 Å². The van der Waals surface area contributed by atoms with Crippen molar-refractivity contribution in [3.05, 3.63) is 35.0 Å². The fraction of sp³-hybridized carbons (Fsp3) is 0.286. The van der Waals surface area contributed by atoms with Crippen LogP contribution in [0.1, 0.15) is 30.0 Å². The molecule has 0 saturated heterocycles. The summed E-state index contributed by atoms with van der Waals surface area (Å²) in [5.74, 6) is -0.178. The van der Waals surface area contributed by atoms with E-state index in [9.17, 15) is 4.39 Å². The molecule has 0 aromatic carbocycles. The van der Waals surface area contributed by atoms with Gasteiger partial charge in [0.2, 0.25) is 5.95 Å². The second-order valence-electron chi connectivity index (χ2n) is 5.05. The number of aromatic amines is 1. The number of anilines is 2. The standard InChI is InChI=1S/C14H13FN6OS/c1-2-9-11-8(5-18-21-11)12-10(6-22-9)23-14(19-12)20-13-16-3-7(15)4-17-13/h3-5,9H,2,6H2,1H3,(H,18,21)(H,16,17,19,20). The Balaban J connectivity index is 1.68. The Morgan fingerprint density at radius 1 is 1.39 bits per heavy atom. The van der Waals surface area contributed by atoms with Gasteiger partial charge in [-0.05, 0) is 6.42 Å². The van der Waals surface area contributed by atoms with Crippen LogP contribution in [0.15, 0.2) is 18.6 Å². The van der Waals surface area contributed by atoms with E-state index in [4.69, 9.17) is 4.74 Å². The number of rotatable bonds is 3. The second-order valence-corrected chi connectivity index (χ2v) is 6.13. The first-order valence-corrected chi connectivity index (χ1v) is 7.95. The molecule has 1 aliphatic heterocycles. The Labute approximate surface area is 135 Å². The molecule has 0 amide bonds. The van der Waals surface area contributed by atoms with Crippen LogP contribution in [0.4, 0.5) is 15.5 Å². The molecule has 0 spiro atoms. The van der Waals surface area contributed by atoms with Crippen LogP contribution in [0.25, 0.3) is 11.3 Å². The van der Waals surface area contributed by atoms with Crippen LogP contribution in [0.5, 0.6) is 0 Å². The van der Waals surface area contributed by atoms with Crippen LogP contribution in [0.3, 0.4) is 0 Å². The summed E-state index contributed by atoms with van der Waals surface area (Å²) in [5, 5.41) is 10.7. The minimum absolute atomic E-state index is 0.00857. The van der Waals surface area contributed by atoms with Crippen molar-refractivity contribution in [2.75, 3.05) is 5.32 Å². The number of fused-ring (bicyclic) bond motifs is 3. The third-order valence-corrected chi connectivity index (χ3v) is 4.51. The summed E-state index contributed by atoms with van der Waals surface area (Å²) in [6.07, 6.45) is 4.83. The highest BCUT2D eigenvalue weighted by Gasteiger charge is 2.26. The molecule has 7 nitrogen and oxygen atoms in total. The molecule has 0 fully saturated rings. The minimum Gasteiger partial charge on any atom is -0.366 e. The van der Waals surface area contributed by atoms with E-state index in [1.165, 1.54) is 11.3 Å². The number of nitrogens with one attached hydrogen (secondary N) is 2. The number of thiazole rings is 1. The van der Waals surface area contributed by atoms with Gasteiger partial charge < -0.3 is 10.1 Å². The van der Waals surface area contributed by atoms with Gasteiger partial charge in [-0.15, -0.1) is 0 Å². The van der Waals surface area contributed by atoms with E-state index in [-0.39, 0.29) is 6.10 Å². The average Bonchev–Trinajstić information content (AvgIpc) is 3.15. The lowest BCUT2D eigenvalue weighted by atomic mass is 10.1. The third-order valence-electron chi connectivity index (χ3n) is 3.57. The molecular weight excluding hydrogens is 319 g/mol. The van der Waals surface area contributed by atoms with E-state index in [1.807, 2.05) is 0 Å². The Kier molecular flexibility index (Phi) is 3.50. The predicted molar refractivity (Wildman–Crippen MR) is 82.8 cm³/mol. The molecule has 23 heavy (non-hydrogen) atoms. The number of aromatic nitrogens is 5. The summed E-state index contributed by atoms with van der Waals surface area (Å²) in [7, 11) is 0. The Morgan fingerprint density at radius 2 is 2.22 bits per heavy atom. The fourth-order valence-electron chi connectivity index (χ4n) is 2.50.